The molecule has 0 radical (unpaired) electrons. The van der Waals surface area contributed by atoms with Gasteiger partial charge in [-0.05, 0) is 31.9 Å². The van der Waals surface area contributed by atoms with E-state index in [4.69, 9.17) is 5.26 Å². The molecule has 0 aromatic carbocycles. The van der Waals surface area contributed by atoms with Gasteiger partial charge in [0.25, 0.3) is 5.91 Å². The minimum atomic E-state index is -0.0473. The van der Waals surface area contributed by atoms with Crippen molar-refractivity contribution in [1.29, 1.82) is 5.26 Å². The Morgan fingerprint density at radius 1 is 1.56 bits per heavy atom. The van der Waals surface area contributed by atoms with Crippen molar-refractivity contribution in [3.8, 4) is 6.07 Å². The molecular formula is C14H17N3O. The number of amides is 1. The van der Waals surface area contributed by atoms with Crippen LogP contribution in [0.4, 0.5) is 0 Å². The molecule has 0 aliphatic heterocycles. The number of hydrogen-bond donors (Lipinski definition) is 0. The number of carbonyl (C=O) groups is 1. The number of aryl methyl sites for hydroxylation is 1. The van der Waals surface area contributed by atoms with Crippen LogP contribution in [0.1, 0.15) is 41.7 Å². The van der Waals surface area contributed by atoms with E-state index in [1.807, 2.05) is 6.92 Å². The van der Waals surface area contributed by atoms with Gasteiger partial charge in [-0.1, -0.05) is 12.8 Å². The molecule has 18 heavy (non-hydrogen) atoms. The number of aromatic nitrogens is 1. The number of hydrogen-bond acceptors (Lipinski definition) is 3. The Kier molecular flexibility index (Phi) is 3.93. The summed E-state index contributed by atoms with van der Waals surface area (Å²) in [4.78, 5) is 18.2. The summed E-state index contributed by atoms with van der Waals surface area (Å²) in [5.41, 5.74) is 1.45. The first-order valence-corrected chi connectivity index (χ1v) is 6.33. The molecule has 1 heterocycles. The molecular weight excluding hydrogens is 226 g/mol. The van der Waals surface area contributed by atoms with E-state index in [0.717, 1.165) is 31.4 Å². The molecule has 0 saturated heterocycles. The molecule has 4 heteroatoms. The van der Waals surface area contributed by atoms with E-state index in [1.54, 1.807) is 23.2 Å². The van der Waals surface area contributed by atoms with Crippen LogP contribution in [-0.4, -0.2) is 28.4 Å². The minimum Gasteiger partial charge on any atom is -0.322 e. The van der Waals surface area contributed by atoms with Gasteiger partial charge in [0.1, 0.15) is 6.54 Å². The maximum Gasteiger partial charge on any atom is 0.255 e. The monoisotopic (exact) mass is 243 g/mol. The second-order valence-electron chi connectivity index (χ2n) is 4.72. The Balaban J connectivity index is 2.20. The highest BCUT2D eigenvalue weighted by molar-refractivity contribution is 5.94. The Hall–Kier alpha value is -1.89. The fraction of sp³-hybridized carbons (Fsp3) is 0.500. The van der Waals surface area contributed by atoms with Crippen molar-refractivity contribution >= 4 is 5.91 Å². The van der Waals surface area contributed by atoms with Gasteiger partial charge in [0.15, 0.2) is 0 Å². The normalized spacial score (nSPS) is 15.3. The van der Waals surface area contributed by atoms with E-state index in [-0.39, 0.29) is 18.5 Å². The van der Waals surface area contributed by atoms with Crippen LogP contribution in [0, 0.1) is 18.3 Å². The van der Waals surface area contributed by atoms with Crippen LogP contribution >= 0.6 is 0 Å². The molecule has 94 valence electrons. The summed E-state index contributed by atoms with van der Waals surface area (Å²) in [6.45, 7) is 2.03. The largest absolute Gasteiger partial charge is 0.322 e. The lowest BCUT2D eigenvalue weighted by Gasteiger charge is -2.26. The van der Waals surface area contributed by atoms with Crippen LogP contribution in [0.3, 0.4) is 0 Å². The van der Waals surface area contributed by atoms with Crippen molar-refractivity contribution in [3.05, 3.63) is 29.6 Å². The minimum absolute atomic E-state index is 0.0473. The second-order valence-corrected chi connectivity index (χ2v) is 4.72. The fourth-order valence-corrected chi connectivity index (χ4v) is 2.50. The molecule has 0 atom stereocenters. The number of rotatable bonds is 3. The lowest BCUT2D eigenvalue weighted by molar-refractivity contribution is 0.0709. The molecule has 1 amide bonds. The molecule has 1 aromatic heterocycles. The molecule has 1 fully saturated rings. The number of nitriles is 1. The molecule has 1 aromatic rings. The van der Waals surface area contributed by atoms with Crippen LogP contribution in [0.25, 0.3) is 0 Å². The third-order valence-electron chi connectivity index (χ3n) is 3.41. The van der Waals surface area contributed by atoms with Crippen molar-refractivity contribution in [2.75, 3.05) is 6.54 Å². The molecule has 0 unspecified atom stereocenters. The van der Waals surface area contributed by atoms with Gasteiger partial charge in [0.05, 0.1) is 6.07 Å². The second kappa shape index (κ2) is 5.63. The van der Waals surface area contributed by atoms with Gasteiger partial charge in [0, 0.05) is 23.5 Å². The molecule has 1 aliphatic rings. The highest BCUT2D eigenvalue weighted by Crippen LogP contribution is 2.24. The quantitative estimate of drug-likeness (QED) is 0.765. The summed E-state index contributed by atoms with van der Waals surface area (Å²) in [6, 6.07) is 5.82. The number of nitrogens with zero attached hydrogens (tertiary/aromatic N) is 3. The van der Waals surface area contributed by atoms with Crippen LogP contribution < -0.4 is 0 Å². The number of pyridine rings is 1. The van der Waals surface area contributed by atoms with Gasteiger partial charge in [-0.3, -0.25) is 9.78 Å². The third-order valence-corrected chi connectivity index (χ3v) is 3.41. The van der Waals surface area contributed by atoms with Gasteiger partial charge in [-0.25, -0.2) is 0 Å². The zero-order valence-electron chi connectivity index (χ0n) is 10.6. The average Bonchev–Trinajstić information content (AvgIpc) is 2.89. The van der Waals surface area contributed by atoms with E-state index in [1.165, 1.54) is 0 Å². The van der Waals surface area contributed by atoms with Crippen molar-refractivity contribution in [3.63, 3.8) is 0 Å². The highest BCUT2D eigenvalue weighted by atomic mass is 16.2. The van der Waals surface area contributed by atoms with Crippen molar-refractivity contribution in [1.82, 2.24) is 9.88 Å². The summed E-state index contributed by atoms with van der Waals surface area (Å²) in [5, 5.41) is 8.89. The SMILES string of the molecule is Cc1cc(C(=O)N(CC#N)C2CCCC2)ccn1. The Morgan fingerprint density at radius 3 is 2.89 bits per heavy atom. The zero-order chi connectivity index (χ0) is 13.0. The van der Waals surface area contributed by atoms with Gasteiger partial charge in [-0.15, -0.1) is 0 Å². The lowest BCUT2D eigenvalue weighted by atomic mass is 10.1. The first-order chi connectivity index (χ1) is 8.72. The predicted molar refractivity (Wildman–Crippen MR) is 67.9 cm³/mol. The summed E-state index contributed by atoms with van der Waals surface area (Å²) >= 11 is 0. The predicted octanol–water partition coefficient (Wildman–Crippen LogP) is 2.30. The fourth-order valence-electron chi connectivity index (χ4n) is 2.50. The third kappa shape index (κ3) is 2.67. The van der Waals surface area contributed by atoms with Crippen LogP contribution in [0.2, 0.25) is 0 Å². The topological polar surface area (TPSA) is 57.0 Å². The number of carbonyl (C=O) groups excluding carboxylic acids is 1. The van der Waals surface area contributed by atoms with E-state index < -0.39 is 0 Å². The van der Waals surface area contributed by atoms with Gasteiger partial charge < -0.3 is 4.90 Å². The van der Waals surface area contributed by atoms with Crippen molar-refractivity contribution in [2.24, 2.45) is 0 Å². The molecule has 0 spiro atoms. The van der Waals surface area contributed by atoms with E-state index in [2.05, 4.69) is 11.1 Å². The zero-order valence-corrected chi connectivity index (χ0v) is 10.6. The van der Waals surface area contributed by atoms with Crippen LogP contribution in [0.5, 0.6) is 0 Å². The van der Waals surface area contributed by atoms with Crippen LogP contribution in [0.15, 0.2) is 18.3 Å². The summed E-state index contributed by atoms with van der Waals surface area (Å²) in [6.07, 6.45) is 5.96. The first kappa shape index (κ1) is 12.6. The van der Waals surface area contributed by atoms with Crippen molar-refractivity contribution < 1.29 is 4.79 Å². The average molecular weight is 243 g/mol. The van der Waals surface area contributed by atoms with Crippen molar-refractivity contribution in [2.45, 2.75) is 38.6 Å². The Morgan fingerprint density at radius 2 is 2.28 bits per heavy atom. The molecule has 1 saturated carbocycles. The van der Waals surface area contributed by atoms with Crippen LogP contribution in [-0.2, 0) is 0 Å². The van der Waals surface area contributed by atoms with Gasteiger partial charge in [0.2, 0.25) is 0 Å². The Labute approximate surface area is 107 Å². The standard InChI is InChI=1S/C14H17N3O/c1-11-10-12(6-8-16-11)14(18)17(9-7-15)13-4-2-3-5-13/h6,8,10,13H,2-5,9H2,1H3. The molecule has 0 N–H and O–H groups in total. The van der Waals surface area contributed by atoms with E-state index in [9.17, 15) is 4.79 Å². The summed E-state index contributed by atoms with van der Waals surface area (Å²) < 4.78 is 0. The lowest BCUT2D eigenvalue weighted by Crippen LogP contribution is -2.39. The highest BCUT2D eigenvalue weighted by Gasteiger charge is 2.27. The first-order valence-electron chi connectivity index (χ1n) is 6.33. The van der Waals surface area contributed by atoms with E-state index >= 15 is 0 Å². The molecule has 4 nitrogen and oxygen atoms in total. The molecule has 2 rings (SSSR count). The maximum absolute atomic E-state index is 12.4. The summed E-state index contributed by atoms with van der Waals surface area (Å²) in [5.74, 6) is -0.0473. The summed E-state index contributed by atoms with van der Waals surface area (Å²) in [7, 11) is 0. The maximum atomic E-state index is 12.4. The van der Waals surface area contributed by atoms with Gasteiger partial charge in [-0.2, -0.15) is 5.26 Å². The smallest absolute Gasteiger partial charge is 0.255 e. The molecule has 1 aliphatic carbocycles. The molecule has 0 bridgehead atoms. The Bertz CT molecular complexity index is 472. The van der Waals surface area contributed by atoms with E-state index in [0.29, 0.717) is 5.56 Å². The van der Waals surface area contributed by atoms with Gasteiger partial charge >= 0.3 is 0 Å².